The molecule has 2 heterocycles. The summed E-state index contributed by atoms with van der Waals surface area (Å²) in [5.41, 5.74) is 6.51. The molecule has 2 rings (SSSR count). The minimum absolute atomic E-state index is 0.00961. The molecule has 0 bridgehead atoms. The normalized spacial score (nSPS) is 15.4. The van der Waals surface area contributed by atoms with Crippen molar-refractivity contribution in [1.82, 2.24) is 19.5 Å². The number of nitrogens with zero attached hydrogens (tertiary/aromatic N) is 4. The number of unbranched alkanes of at least 4 members (excludes halogenated alkanes) is 11. The minimum Gasteiger partial charge on any atom is -0.394 e. The lowest BCUT2D eigenvalue weighted by atomic mass is 10.0. The van der Waals surface area contributed by atoms with Crippen LogP contribution in [-0.4, -0.2) is 73.3 Å². The first-order valence-corrected chi connectivity index (χ1v) is 19.5. The Morgan fingerprint density at radius 3 is 2.07 bits per heavy atom. The number of hydrogen-bond donors (Lipinski definition) is 4. The highest BCUT2D eigenvalue weighted by Crippen LogP contribution is 2.59. The topological polar surface area (TPSA) is 201 Å². The largest absolute Gasteiger partial charge is 0.479 e. The second-order valence-corrected chi connectivity index (χ2v) is 15.2. The van der Waals surface area contributed by atoms with Crippen LogP contribution < -0.4 is 5.73 Å². The number of fused-ring (bicyclic) bond motifs is 1. The van der Waals surface area contributed by atoms with E-state index >= 15 is 0 Å². The van der Waals surface area contributed by atoms with Crippen molar-refractivity contribution < 1.29 is 42.3 Å². The Morgan fingerprint density at radius 2 is 1.44 bits per heavy atom. The fourth-order valence-electron chi connectivity index (χ4n) is 4.79. The molecule has 0 aliphatic rings. The van der Waals surface area contributed by atoms with Gasteiger partial charge in [0.1, 0.15) is 18.2 Å². The Bertz CT molecular complexity index is 1170. The molecule has 0 aromatic carbocycles. The number of aliphatic hydroxyl groups excluding tert-OH is 1. The second-order valence-electron chi connectivity index (χ2n) is 11.8. The zero-order valence-corrected chi connectivity index (χ0v) is 28.8. The smallest absolute Gasteiger partial charge is 0.394 e. The summed E-state index contributed by atoms with van der Waals surface area (Å²) in [5.74, 6) is 1.00. The van der Waals surface area contributed by atoms with Gasteiger partial charge in [0.05, 0.1) is 32.2 Å². The predicted octanol–water partition coefficient (Wildman–Crippen LogP) is 6.20. The van der Waals surface area contributed by atoms with Crippen LogP contribution in [-0.2, 0) is 34.0 Å². The molecule has 0 aliphatic heterocycles. The molecule has 45 heavy (non-hydrogen) atoms. The van der Waals surface area contributed by atoms with E-state index < -0.39 is 34.5 Å². The zero-order valence-electron chi connectivity index (χ0n) is 27.0. The van der Waals surface area contributed by atoms with Gasteiger partial charge in [-0.25, -0.2) is 23.8 Å². The maximum atomic E-state index is 12.4. The van der Waals surface area contributed by atoms with Crippen molar-refractivity contribution in [3.8, 4) is 0 Å². The van der Waals surface area contributed by atoms with E-state index in [1.165, 1.54) is 87.9 Å². The highest BCUT2D eigenvalue weighted by Gasteiger charge is 2.34. The predicted molar refractivity (Wildman–Crippen MR) is 174 cm³/mol. The fraction of sp³-hybridized carbons (Fsp3) is 0.828. The quantitative estimate of drug-likeness (QED) is 0.0586. The molecule has 2 aromatic rings. The SMILES string of the molecule is CC(C)CCCCCCCCCCCCCCOCCCOP(=O)(O)OP(=O)(O)CO[C@H](CO)Cn1cnc2c(N)ncnc21. The number of nitrogens with two attached hydrogens (primary N) is 1. The van der Waals surface area contributed by atoms with Gasteiger partial charge in [-0.1, -0.05) is 90.9 Å². The molecular weight excluding hydrogens is 624 g/mol. The summed E-state index contributed by atoms with van der Waals surface area (Å²) >= 11 is 0. The van der Waals surface area contributed by atoms with Gasteiger partial charge in [-0.15, -0.1) is 0 Å². The van der Waals surface area contributed by atoms with E-state index in [1.807, 2.05) is 0 Å². The lowest BCUT2D eigenvalue weighted by Crippen LogP contribution is -2.24. The van der Waals surface area contributed by atoms with Crippen molar-refractivity contribution in [3.05, 3.63) is 12.7 Å². The Balaban J connectivity index is 1.46. The molecule has 0 fully saturated rings. The number of phosphoric ester groups is 1. The van der Waals surface area contributed by atoms with Gasteiger partial charge in [-0.3, -0.25) is 9.09 Å². The number of phosphoric acid groups is 1. The molecule has 0 saturated carbocycles. The van der Waals surface area contributed by atoms with Crippen LogP contribution in [0.3, 0.4) is 0 Å². The Morgan fingerprint density at radius 1 is 0.844 bits per heavy atom. The summed E-state index contributed by atoms with van der Waals surface area (Å²) in [6.45, 7) is 4.82. The van der Waals surface area contributed by atoms with E-state index in [4.69, 9.17) is 19.7 Å². The Hall–Kier alpha value is -1.47. The monoisotopic (exact) mass is 679 g/mol. The molecule has 0 radical (unpaired) electrons. The lowest BCUT2D eigenvalue weighted by Gasteiger charge is -2.20. The third-order valence-electron chi connectivity index (χ3n) is 7.25. The number of nitrogen functional groups attached to an aromatic ring is 1. The number of rotatable bonds is 28. The van der Waals surface area contributed by atoms with E-state index in [1.54, 1.807) is 0 Å². The standard InChI is InChI=1S/C29H55N5O9P2/c1-25(2)16-13-11-9-7-5-3-4-6-8-10-12-14-17-40-18-15-19-42-45(38,39)43-44(36,37)24-41-26(21-35)20-34-23-33-27-28(30)31-22-32-29(27)34/h22-23,25-26,35H,3-21,24H2,1-2H3,(H,36,37)(H,38,39)(H2,30,31,32)/t26-/m0/s1. The number of anilines is 1. The summed E-state index contributed by atoms with van der Waals surface area (Å²) < 4.78 is 46.2. The van der Waals surface area contributed by atoms with Crippen LogP contribution in [0.4, 0.5) is 5.82 Å². The molecule has 0 amide bonds. The van der Waals surface area contributed by atoms with Crippen LogP contribution in [0.15, 0.2) is 12.7 Å². The first-order valence-electron chi connectivity index (χ1n) is 16.2. The molecule has 0 spiro atoms. The molecule has 14 nitrogen and oxygen atoms in total. The number of imidazole rings is 1. The van der Waals surface area contributed by atoms with Gasteiger partial charge in [0, 0.05) is 13.2 Å². The van der Waals surface area contributed by atoms with Crippen molar-refractivity contribution in [2.45, 2.75) is 116 Å². The van der Waals surface area contributed by atoms with Crippen LogP contribution in [0.25, 0.3) is 11.2 Å². The van der Waals surface area contributed by atoms with Gasteiger partial charge in [0.2, 0.25) is 0 Å². The summed E-state index contributed by atoms with van der Waals surface area (Å²) in [6, 6.07) is 0. The maximum Gasteiger partial charge on any atom is 0.479 e. The summed E-state index contributed by atoms with van der Waals surface area (Å²) in [5, 5.41) is 9.64. The summed E-state index contributed by atoms with van der Waals surface area (Å²) in [4.78, 5) is 31.9. The van der Waals surface area contributed by atoms with Gasteiger partial charge in [0.25, 0.3) is 0 Å². The van der Waals surface area contributed by atoms with Crippen molar-refractivity contribution >= 4 is 32.4 Å². The van der Waals surface area contributed by atoms with Gasteiger partial charge < -0.3 is 34.7 Å². The number of aromatic nitrogens is 4. The van der Waals surface area contributed by atoms with Crippen molar-refractivity contribution in [2.75, 3.05) is 38.5 Å². The highest BCUT2D eigenvalue weighted by molar-refractivity contribution is 7.63. The number of aliphatic hydroxyl groups is 1. The molecular formula is C29H55N5O9P2. The third kappa shape index (κ3) is 17.9. The average Bonchev–Trinajstić information content (AvgIpc) is 3.39. The zero-order chi connectivity index (χ0) is 33.0. The molecule has 2 unspecified atom stereocenters. The lowest BCUT2D eigenvalue weighted by molar-refractivity contribution is 0.0198. The fourth-order valence-corrected chi connectivity index (χ4v) is 7.22. The van der Waals surface area contributed by atoms with E-state index in [9.17, 15) is 24.0 Å². The van der Waals surface area contributed by atoms with Crippen molar-refractivity contribution in [3.63, 3.8) is 0 Å². The maximum absolute atomic E-state index is 12.4. The van der Waals surface area contributed by atoms with Crippen LogP contribution in [0.1, 0.15) is 104 Å². The summed E-state index contributed by atoms with van der Waals surface area (Å²) in [7, 11) is -9.53. The molecule has 5 N–H and O–H groups in total. The van der Waals surface area contributed by atoms with E-state index in [0.717, 1.165) is 18.8 Å². The number of ether oxygens (including phenoxy) is 2. The van der Waals surface area contributed by atoms with Crippen LogP contribution >= 0.6 is 15.4 Å². The van der Waals surface area contributed by atoms with E-state index in [-0.39, 0.29) is 19.0 Å². The van der Waals surface area contributed by atoms with Crippen LogP contribution in [0, 0.1) is 5.92 Å². The number of hydrogen-bond acceptors (Lipinski definition) is 11. The first kappa shape index (κ1) is 39.7. The van der Waals surface area contributed by atoms with Gasteiger partial charge in [-0.05, 0) is 18.8 Å². The second kappa shape index (κ2) is 22.2. The van der Waals surface area contributed by atoms with Crippen molar-refractivity contribution in [2.24, 2.45) is 5.92 Å². The molecule has 0 aliphatic carbocycles. The first-order chi connectivity index (χ1) is 21.5. The average molecular weight is 680 g/mol. The van der Waals surface area contributed by atoms with Crippen molar-refractivity contribution in [1.29, 1.82) is 0 Å². The van der Waals surface area contributed by atoms with Gasteiger partial charge in [-0.2, -0.15) is 0 Å². The highest BCUT2D eigenvalue weighted by atomic mass is 31.3. The molecule has 260 valence electrons. The molecule has 0 saturated heterocycles. The van der Waals surface area contributed by atoms with E-state index in [2.05, 4.69) is 33.1 Å². The molecule has 2 aromatic heterocycles. The van der Waals surface area contributed by atoms with Crippen LogP contribution in [0.2, 0.25) is 0 Å². The Labute approximate surface area is 267 Å². The molecule has 16 heteroatoms. The Kier molecular flexibility index (Phi) is 19.6. The van der Waals surface area contributed by atoms with E-state index in [0.29, 0.717) is 30.8 Å². The third-order valence-corrected chi connectivity index (χ3v) is 10.1. The van der Waals surface area contributed by atoms with Crippen LogP contribution in [0.5, 0.6) is 0 Å². The summed E-state index contributed by atoms with van der Waals surface area (Å²) in [6.07, 6.45) is 17.7. The van der Waals surface area contributed by atoms with Gasteiger partial charge in [0.15, 0.2) is 11.5 Å². The minimum atomic E-state index is -4.83. The van der Waals surface area contributed by atoms with Gasteiger partial charge >= 0.3 is 15.4 Å². The molecule has 3 atom stereocenters.